The molecule has 142 valence electrons. The topological polar surface area (TPSA) is 88.4 Å². The number of hydrogen-bond acceptors (Lipinski definition) is 4. The Morgan fingerprint density at radius 2 is 1.77 bits per heavy atom. The molecule has 3 N–H and O–H groups in total. The first-order valence-electron chi connectivity index (χ1n) is 8.69. The van der Waals surface area contributed by atoms with Crippen molar-refractivity contribution in [2.24, 2.45) is 5.41 Å². The lowest BCUT2D eigenvalue weighted by atomic mass is 9.91. The van der Waals surface area contributed by atoms with Crippen LogP contribution in [0.15, 0.2) is 18.2 Å². The zero-order valence-electron chi connectivity index (χ0n) is 16.7. The number of carbonyl (C=O) groups excluding carboxylic acids is 2. The van der Waals surface area contributed by atoms with Crippen LogP contribution < -0.4 is 10.6 Å². The number of aromatic nitrogens is 1. The minimum Gasteiger partial charge on any atom is -0.456 e. The number of ether oxygens (including phenoxy) is 1. The highest BCUT2D eigenvalue weighted by atomic mass is 16.6. The van der Waals surface area contributed by atoms with Crippen molar-refractivity contribution in [3.05, 3.63) is 23.8 Å². The highest BCUT2D eigenvalue weighted by molar-refractivity contribution is 6.10. The van der Waals surface area contributed by atoms with Crippen LogP contribution >= 0.6 is 0 Å². The summed E-state index contributed by atoms with van der Waals surface area (Å²) in [5.74, 6) is -0.176. The molecule has 0 saturated heterocycles. The zero-order chi connectivity index (χ0) is 19.9. The summed E-state index contributed by atoms with van der Waals surface area (Å²) < 4.78 is 5.44. The average Bonchev–Trinajstić information content (AvgIpc) is 2.77. The van der Waals surface area contributed by atoms with Gasteiger partial charge in [-0.25, -0.2) is 4.79 Å². The van der Waals surface area contributed by atoms with Gasteiger partial charge >= 0.3 is 5.97 Å². The number of rotatable bonds is 3. The number of amides is 1. The fraction of sp³-hybridized carbons (Fsp3) is 0.500. The van der Waals surface area contributed by atoms with E-state index < -0.39 is 11.6 Å². The van der Waals surface area contributed by atoms with Gasteiger partial charge in [0.05, 0.1) is 0 Å². The third kappa shape index (κ3) is 4.56. The van der Waals surface area contributed by atoms with Crippen molar-refractivity contribution in [2.75, 3.05) is 17.7 Å². The van der Waals surface area contributed by atoms with Gasteiger partial charge in [-0.05, 0) is 44.4 Å². The first-order chi connectivity index (χ1) is 11.8. The first kappa shape index (κ1) is 19.8. The maximum absolute atomic E-state index is 12.5. The molecule has 1 aromatic carbocycles. The van der Waals surface area contributed by atoms with E-state index in [4.69, 9.17) is 10.5 Å². The molecular formula is C20H29N3O3. The van der Waals surface area contributed by atoms with Gasteiger partial charge in [-0.15, -0.1) is 0 Å². The normalized spacial score (nSPS) is 12.3. The van der Waals surface area contributed by atoms with Crippen LogP contribution in [-0.2, 0) is 9.53 Å². The smallest absolute Gasteiger partial charge is 0.343 e. The molecule has 0 unspecified atom stereocenters. The second-order valence-electron chi connectivity index (χ2n) is 8.84. The molecule has 2 rings (SSSR count). The second kappa shape index (κ2) is 6.67. The number of nitrogens with one attached hydrogen (secondary N) is 1. The number of nitrogens with two attached hydrogens (primary N) is 1. The number of nitrogens with zero attached hydrogens (tertiary/aromatic N) is 1. The third-order valence-corrected chi connectivity index (χ3v) is 3.86. The molecule has 0 spiro atoms. The van der Waals surface area contributed by atoms with Gasteiger partial charge in [0, 0.05) is 30.1 Å². The van der Waals surface area contributed by atoms with Crippen molar-refractivity contribution < 1.29 is 14.3 Å². The summed E-state index contributed by atoms with van der Waals surface area (Å²) in [6.07, 6.45) is 0.442. The van der Waals surface area contributed by atoms with E-state index in [-0.39, 0.29) is 17.1 Å². The van der Waals surface area contributed by atoms with Crippen molar-refractivity contribution >= 4 is 34.3 Å². The Kier molecular flexibility index (Phi) is 5.08. The van der Waals surface area contributed by atoms with E-state index in [1.165, 1.54) is 0 Å². The molecule has 0 aliphatic heterocycles. The fourth-order valence-electron chi connectivity index (χ4n) is 2.68. The monoisotopic (exact) mass is 359 g/mol. The Balaban J connectivity index is 2.36. The Hall–Kier alpha value is -2.50. The molecule has 0 saturated carbocycles. The lowest BCUT2D eigenvalue weighted by Gasteiger charge is -2.23. The molecule has 1 heterocycles. The highest BCUT2D eigenvalue weighted by Gasteiger charge is 2.25. The van der Waals surface area contributed by atoms with Crippen molar-refractivity contribution in [1.29, 1.82) is 0 Å². The van der Waals surface area contributed by atoms with Crippen LogP contribution in [0.25, 0.3) is 10.9 Å². The molecule has 1 amide bonds. The van der Waals surface area contributed by atoms with E-state index >= 15 is 0 Å². The van der Waals surface area contributed by atoms with E-state index in [9.17, 15) is 9.59 Å². The molecule has 6 heteroatoms. The fourth-order valence-corrected chi connectivity index (χ4v) is 2.68. The molecule has 0 radical (unpaired) electrons. The van der Waals surface area contributed by atoms with Crippen LogP contribution in [0, 0.1) is 5.41 Å². The molecule has 6 nitrogen and oxygen atoms in total. The largest absolute Gasteiger partial charge is 0.456 e. The summed E-state index contributed by atoms with van der Waals surface area (Å²) in [4.78, 5) is 29.5. The molecular weight excluding hydrogens is 330 g/mol. The van der Waals surface area contributed by atoms with Crippen LogP contribution in [0.5, 0.6) is 0 Å². The van der Waals surface area contributed by atoms with Crippen molar-refractivity contribution in [3.63, 3.8) is 0 Å². The number of nitrogen functional groups attached to an aromatic ring is 1. The quantitative estimate of drug-likeness (QED) is 0.807. The van der Waals surface area contributed by atoms with Crippen LogP contribution in [0.2, 0.25) is 0 Å². The summed E-state index contributed by atoms with van der Waals surface area (Å²) in [6, 6.07) is 5.42. The molecule has 0 atom stereocenters. The molecule has 0 aliphatic carbocycles. The minimum atomic E-state index is -0.605. The SMILES string of the molecule is CN(C(=O)CC(C)(C)C)c1ccc2c(C(=O)OC(C)(C)C)c(N)[nH]c2c1. The lowest BCUT2D eigenvalue weighted by Crippen LogP contribution is -2.29. The highest BCUT2D eigenvalue weighted by Crippen LogP contribution is 2.30. The van der Waals surface area contributed by atoms with Gasteiger partial charge in [0.25, 0.3) is 0 Å². The molecule has 2 aromatic rings. The predicted octanol–water partition coefficient (Wildman–Crippen LogP) is 4.10. The van der Waals surface area contributed by atoms with Gasteiger partial charge in [-0.3, -0.25) is 4.79 Å². The van der Waals surface area contributed by atoms with Crippen LogP contribution in [0.3, 0.4) is 0 Å². The van der Waals surface area contributed by atoms with E-state index in [1.807, 2.05) is 53.7 Å². The number of aromatic amines is 1. The summed E-state index contributed by atoms with van der Waals surface area (Å²) in [5, 5.41) is 0.678. The van der Waals surface area contributed by atoms with E-state index in [0.717, 1.165) is 5.69 Å². The van der Waals surface area contributed by atoms with Crippen molar-refractivity contribution in [3.8, 4) is 0 Å². The second-order valence-corrected chi connectivity index (χ2v) is 8.84. The van der Waals surface area contributed by atoms with E-state index in [0.29, 0.717) is 22.9 Å². The van der Waals surface area contributed by atoms with E-state index in [1.54, 1.807) is 18.0 Å². The maximum atomic E-state index is 12.5. The molecule has 1 aromatic heterocycles. The Morgan fingerprint density at radius 1 is 1.15 bits per heavy atom. The molecule has 0 bridgehead atoms. The number of fused-ring (bicyclic) bond motifs is 1. The molecule has 26 heavy (non-hydrogen) atoms. The van der Waals surface area contributed by atoms with Crippen LogP contribution in [-0.4, -0.2) is 29.5 Å². The van der Waals surface area contributed by atoms with Gasteiger partial charge in [0.15, 0.2) is 0 Å². The van der Waals surface area contributed by atoms with Gasteiger partial charge in [0.1, 0.15) is 17.0 Å². The number of hydrogen-bond donors (Lipinski definition) is 2. The first-order valence-corrected chi connectivity index (χ1v) is 8.69. The number of benzene rings is 1. The van der Waals surface area contributed by atoms with E-state index in [2.05, 4.69) is 4.98 Å². The third-order valence-electron chi connectivity index (χ3n) is 3.86. The zero-order valence-corrected chi connectivity index (χ0v) is 16.7. The Labute approximate surface area is 154 Å². The van der Waals surface area contributed by atoms with Gasteiger partial charge in [-0.2, -0.15) is 0 Å². The van der Waals surface area contributed by atoms with Gasteiger partial charge in [0.2, 0.25) is 5.91 Å². The van der Waals surface area contributed by atoms with Crippen molar-refractivity contribution in [2.45, 2.75) is 53.6 Å². The van der Waals surface area contributed by atoms with Crippen LogP contribution in [0.1, 0.15) is 58.3 Å². The number of H-pyrrole nitrogens is 1. The maximum Gasteiger partial charge on any atom is 0.343 e. The van der Waals surface area contributed by atoms with Crippen molar-refractivity contribution in [1.82, 2.24) is 4.98 Å². The molecule has 0 aliphatic rings. The summed E-state index contributed by atoms with van der Waals surface area (Å²) in [5.41, 5.74) is 7.07. The Morgan fingerprint density at radius 3 is 2.31 bits per heavy atom. The average molecular weight is 359 g/mol. The predicted molar refractivity (Wildman–Crippen MR) is 105 cm³/mol. The Bertz CT molecular complexity index is 838. The number of carbonyl (C=O) groups is 2. The lowest BCUT2D eigenvalue weighted by molar-refractivity contribution is -0.120. The van der Waals surface area contributed by atoms with Crippen LogP contribution in [0.4, 0.5) is 11.5 Å². The minimum absolute atomic E-state index is 0.0312. The molecule has 0 fully saturated rings. The number of anilines is 2. The summed E-state index contributed by atoms with van der Waals surface area (Å²) in [7, 11) is 1.75. The van der Waals surface area contributed by atoms with Gasteiger partial charge < -0.3 is 20.4 Å². The number of esters is 1. The standard InChI is InChI=1S/C20H29N3O3/c1-19(2,3)11-15(24)23(7)12-8-9-13-14(10-12)22-17(21)16(13)18(25)26-20(4,5)6/h8-10,22H,11,21H2,1-7H3. The van der Waals surface area contributed by atoms with Gasteiger partial charge in [-0.1, -0.05) is 20.8 Å². The summed E-state index contributed by atoms with van der Waals surface area (Å²) >= 11 is 0. The summed E-state index contributed by atoms with van der Waals surface area (Å²) in [6.45, 7) is 11.5.